The largest absolute Gasteiger partial charge is 0.378 e. The van der Waals surface area contributed by atoms with Crippen LogP contribution < -0.4 is 5.32 Å². The van der Waals surface area contributed by atoms with Crippen molar-refractivity contribution in [3.8, 4) is 0 Å². The zero-order valence-corrected chi connectivity index (χ0v) is 12.0. The Kier molecular flexibility index (Phi) is 5.09. The van der Waals surface area contributed by atoms with Crippen LogP contribution in [0.1, 0.15) is 16.7 Å². The molecule has 5 heteroatoms. The predicted molar refractivity (Wildman–Crippen MR) is 75.0 cm³/mol. The fourth-order valence-corrected chi connectivity index (χ4v) is 2.38. The van der Waals surface area contributed by atoms with Crippen LogP contribution in [-0.2, 0) is 16.1 Å². The van der Waals surface area contributed by atoms with Gasteiger partial charge in [-0.05, 0) is 30.5 Å². The summed E-state index contributed by atoms with van der Waals surface area (Å²) in [5, 5.41) is 3.12. The molecule has 1 aromatic rings. The molecule has 1 amide bonds. The fourth-order valence-electron chi connectivity index (χ4n) is 2.38. The number of carbonyl (C=O) groups excluding carboxylic acids is 1. The summed E-state index contributed by atoms with van der Waals surface area (Å²) in [6, 6.07) is 3.63. The second-order valence-corrected chi connectivity index (χ2v) is 5.14. The first-order chi connectivity index (χ1) is 9.58. The normalized spacial score (nSPS) is 15.4. The van der Waals surface area contributed by atoms with Crippen LogP contribution in [0.2, 0.25) is 0 Å². The number of amides is 1. The van der Waals surface area contributed by atoms with E-state index < -0.39 is 0 Å². The second kappa shape index (κ2) is 6.81. The molecule has 4 nitrogen and oxygen atoms in total. The summed E-state index contributed by atoms with van der Waals surface area (Å²) in [6.45, 7) is 6.93. The number of rotatable bonds is 4. The van der Waals surface area contributed by atoms with Crippen LogP contribution in [0.3, 0.4) is 0 Å². The number of nitrogens with zero attached hydrogens (tertiary/aromatic N) is 1. The van der Waals surface area contributed by atoms with Crippen LogP contribution in [0.4, 0.5) is 4.39 Å². The zero-order valence-electron chi connectivity index (χ0n) is 12.0. The van der Waals surface area contributed by atoms with Crippen LogP contribution in [-0.4, -0.2) is 43.7 Å². The molecule has 0 spiro atoms. The number of benzene rings is 1. The molecule has 1 fully saturated rings. The third-order valence-electron chi connectivity index (χ3n) is 3.47. The van der Waals surface area contributed by atoms with E-state index in [0.29, 0.717) is 50.5 Å². The van der Waals surface area contributed by atoms with E-state index in [4.69, 9.17) is 4.74 Å². The highest BCUT2D eigenvalue weighted by Gasteiger charge is 2.16. The van der Waals surface area contributed by atoms with Gasteiger partial charge in [-0.2, -0.15) is 0 Å². The van der Waals surface area contributed by atoms with Crippen molar-refractivity contribution in [3.05, 3.63) is 34.6 Å². The minimum atomic E-state index is -0.154. The maximum Gasteiger partial charge on any atom is 0.236 e. The van der Waals surface area contributed by atoms with Crippen molar-refractivity contribution in [1.29, 1.82) is 0 Å². The zero-order chi connectivity index (χ0) is 14.5. The number of hydrogen-bond donors (Lipinski definition) is 1. The van der Waals surface area contributed by atoms with E-state index in [1.165, 1.54) is 0 Å². The maximum atomic E-state index is 13.5. The Morgan fingerprint density at radius 2 is 1.90 bits per heavy atom. The Morgan fingerprint density at radius 1 is 1.30 bits per heavy atom. The quantitative estimate of drug-likeness (QED) is 0.906. The Hall–Kier alpha value is -1.46. The second-order valence-electron chi connectivity index (χ2n) is 5.14. The number of carbonyl (C=O) groups is 1. The van der Waals surface area contributed by atoms with Crippen molar-refractivity contribution in [1.82, 2.24) is 10.2 Å². The lowest BCUT2D eigenvalue weighted by Crippen LogP contribution is -2.44. The molecule has 2 rings (SSSR count). The van der Waals surface area contributed by atoms with Gasteiger partial charge in [0.05, 0.1) is 19.8 Å². The molecule has 110 valence electrons. The molecule has 0 saturated carbocycles. The Balaban J connectivity index is 1.82. The van der Waals surface area contributed by atoms with Gasteiger partial charge in [0.2, 0.25) is 5.91 Å². The lowest BCUT2D eigenvalue weighted by atomic mass is 10.1. The Morgan fingerprint density at radius 3 is 2.50 bits per heavy atom. The molecule has 1 aromatic carbocycles. The van der Waals surface area contributed by atoms with E-state index in [9.17, 15) is 9.18 Å². The number of hydrogen-bond acceptors (Lipinski definition) is 3. The molecule has 0 aliphatic carbocycles. The smallest absolute Gasteiger partial charge is 0.236 e. The van der Waals surface area contributed by atoms with Gasteiger partial charge >= 0.3 is 0 Å². The first-order valence-electron chi connectivity index (χ1n) is 6.90. The van der Waals surface area contributed by atoms with Gasteiger partial charge in [0.25, 0.3) is 0 Å². The molecule has 0 radical (unpaired) electrons. The third-order valence-corrected chi connectivity index (χ3v) is 3.47. The Labute approximate surface area is 118 Å². The first-order valence-corrected chi connectivity index (χ1v) is 6.90. The highest BCUT2D eigenvalue weighted by Crippen LogP contribution is 2.14. The molecular formula is C15H21FN2O2. The van der Waals surface area contributed by atoms with Crippen LogP contribution in [0, 0.1) is 19.7 Å². The van der Waals surface area contributed by atoms with E-state index in [2.05, 4.69) is 5.32 Å². The molecule has 0 aromatic heterocycles. The van der Waals surface area contributed by atoms with Crippen LogP contribution in [0.25, 0.3) is 0 Å². The van der Waals surface area contributed by atoms with E-state index in [-0.39, 0.29) is 11.7 Å². The van der Waals surface area contributed by atoms with Gasteiger partial charge in [-0.1, -0.05) is 12.1 Å². The molecule has 1 heterocycles. The van der Waals surface area contributed by atoms with Crippen LogP contribution in [0.15, 0.2) is 12.1 Å². The summed E-state index contributed by atoms with van der Waals surface area (Å²) in [7, 11) is 0. The average molecular weight is 280 g/mol. The van der Waals surface area contributed by atoms with Crippen molar-refractivity contribution >= 4 is 5.91 Å². The predicted octanol–water partition coefficient (Wildman–Crippen LogP) is 1.39. The SMILES string of the molecule is Cc1cc(CNCC(=O)N2CCOCC2)cc(C)c1F. The third kappa shape index (κ3) is 3.77. The summed E-state index contributed by atoms with van der Waals surface area (Å²) in [6.07, 6.45) is 0. The molecule has 1 aliphatic rings. The van der Waals surface area contributed by atoms with E-state index >= 15 is 0 Å². The summed E-state index contributed by atoms with van der Waals surface area (Å²) >= 11 is 0. The van der Waals surface area contributed by atoms with Gasteiger partial charge in [0.1, 0.15) is 5.82 Å². The standard InChI is InChI=1S/C15H21FN2O2/c1-11-7-13(8-12(2)15(11)16)9-17-10-14(19)18-3-5-20-6-4-18/h7-8,17H,3-6,9-10H2,1-2H3. The summed E-state index contributed by atoms with van der Waals surface area (Å²) in [5.74, 6) is -0.0676. The summed E-state index contributed by atoms with van der Waals surface area (Å²) in [4.78, 5) is 13.7. The van der Waals surface area contributed by atoms with Gasteiger partial charge in [-0.25, -0.2) is 4.39 Å². The molecule has 1 saturated heterocycles. The maximum absolute atomic E-state index is 13.5. The van der Waals surface area contributed by atoms with Gasteiger partial charge in [-0.3, -0.25) is 4.79 Å². The van der Waals surface area contributed by atoms with Crippen molar-refractivity contribution in [3.63, 3.8) is 0 Å². The van der Waals surface area contributed by atoms with Crippen LogP contribution >= 0.6 is 0 Å². The lowest BCUT2D eigenvalue weighted by Gasteiger charge is -2.26. The van der Waals surface area contributed by atoms with Crippen molar-refractivity contribution in [2.45, 2.75) is 20.4 Å². The molecule has 0 unspecified atom stereocenters. The number of nitrogens with one attached hydrogen (secondary N) is 1. The number of aryl methyl sites for hydroxylation is 2. The highest BCUT2D eigenvalue weighted by molar-refractivity contribution is 5.78. The average Bonchev–Trinajstić information content (AvgIpc) is 2.45. The summed E-state index contributed by atoms with van der Waals surface area (Å²) < 4.78 is 18.7. The van der Waals surface area contributed by atoms with Crippen LogP contribution in [0.5, 0.6) is 0 Å². The van der Waals surface area contributed by atoms with Crippen molar-refractivity contribution < 1.29 is 13.9 Å². The minimum absolute atomic E-state index is 0.0869. The van der Waals surface area contributed by atoms with Gasteiger partial charge < -0.3 is 15.0 Å². The van der Waals surface area contributed by atoms with Crippen molar-refractivity contribution in [2.24, 2.45) is 0 Å². The molecular weight excluding hydrogens is 259 g/mol. The van der Waals surface area contributed by atoms with E-state index in [1.807, 2.05) is 12.1 Å². The minimum Gasteiger partial charge on any atom is -0.378 e. The fraction of sp³-hybridized carbons (Fsp3) is 0.533. The van der Waals surface area contributed by atoms with Gasteiger partial charge in [0, 0.05) is 19.6 Å². The number of morpholine rings is 1. The highest BCUT2D eigenvalue weighted by atomic mass is 19.1. The number of ether oxygens (including phenoxy) is 1. The first kappa shape index (κ1) is 14.9. The van der Waals surface area contributed by atoms with Gasteiger partial charge in [0.15, 0.2) is 0 Å². The summed E-state index contributed by atoms with van der Waals surface area (Å²) in [5.41, 5.74) is 2.28. The molecule has 0 bridgehead atoms. The lowest BCUT2D eigenvalue weighted by molar-refractivity contribution is -0.134. The number of halogens is 1. The van der Waals surface area contributed by atoms with E-state index in [1.54, 1.807) is 18.7 Å². The van der Waals surface area contributed by atoms with Gasteiger partial charge in [-0.15, -0.1) is 0 Å². The molecule has 1 aliphatic heterocycles. The van der Waals surface area contributed by atoms with Crippen molar-refractivity contribution in [2.75, 3.05) is 32.8 Å². The topological polar surface area (TPSA) is 41.6 Å². The Bertz CT molecular complexity index is 462. The molecule has 1 N–H and O–H groups in total. The molecule has 0 atom stereocenters. The monoisotopic (exact) mass is 280 g/mol. The van der Waals surface area contributed by atoms with E-state index in [0.717, 1.165) is 5.56 Å². The molecule has 20 heavy (non-hydrogen) atoms.